The van der Waals surface area contributed by atoms with Gasteiger partial charge in [0, 0.05) is 12.4 Å². The molecule has 0 radical (unpaired) electrons. The van der Waals surface area contributed by atoms with E-state index < -0.39 is 11.7 Å². The molecule has 0 bridgehead atoms. The first kappa shape index (κ1) is 11.0. The summed E-state index contributed by atoms with van der Waals surface area (Å²) in [6.45, 7) is 0.389. The molecule has 0 saturated carbocycles. The third-order valence-corrected chi connectivity index (χ3v) is 1.87. The molecule has 0 fully saturated rings. The molecule has 0 aliphatic heterocycles. The number of nitrogens with zero attached hydrogens (tertiary/aromatic N) is 1. The molecule has 0 saturated heterocycles. The van der Waals surface area contributed by atoms with Crippen LogP contribution in [-0.4, -0.2) is 11.5 Å². The molecule has 0 aromatic carbocycles. The first-order chi connectivity index (χ1) is 6.55. The highest BCUT2D eigenvalue weighted by Crippen LogP contribution is 2.31. The number of pyridine rings is 1. The second kappa shape index (κ2) is 4.41. The van der Waals surface area contributed by atoms with Crippen molar-refractivity contribution in [1.29, 1.82) is 0 Å². The monoisotopic (exact) mass is 204 g/mol. The van der Waals surface area contributed by atoms with Crippen LogP contribution in [0.4, 0.5) is 13.2 Å². The second-order valence-electron chi connectivity index (χ2n) is 2.92. The standard InChI is InChI=1S/C9H11F3N2/c10-9(11,12)8-6-14-5-3-7(8)2-1-4-13/h3,5-6H,1-2,4,13H2. The predicted octanol–water partition coefficient (Wildman–Crippen LogP) is 1.99. The van der Waals surface area contributed by atoms with E-state index in [1.807, 2.05) is 0 Å². The third-order valence-electron chi connectivity index (χ3n) is 1.87. The van der Waals surface area contributed by atoms with Crippen LogP contribution in [0.5, 0.6) is 0 Å². The highest BCUT2D eigenvalue weighted by Gasteiger charge is 2.33. The topological polar surface area (TPSA) is 38.9 Å². The molecule has 14 heavy (non-hydrogen) atoms. The van der Waals surface area contributed by atoms with E-state index in [0.29, 0.717) is 19.4 Å². The van der Waals surface area contributed by atoms with Crippen molar-refractivity contribution in [1.82, 2.24) is 4.98 Å². The Labute approximate surface area is 79.9 Å². The number of aryl methyl sites for hydroxylation is 1. The largest absolute Gasteiger partial charge is 0.418 e. The fraction of sp³-hybridized carbons (Fsp3) is 0.444. The fourth-order valence-corrected chi connectivity index (χ4v) is 1.19. The Morgan fingerprint density at radius 3 is 2.64 bits per heavy atom. The van der Waals surface area contributed by atoms with Gasteiger partial charge in [0.15, 0.2) is 0 Å². The van der Waals surface area contributed by atoms with Crippen molar-refractivity contribution in [3.8, 4) is 0 Å². The summed E-state index contributed by atoms with van der Waals surface area (Å²) in [5.41, 5.74) is 4.84. The zero-order valence-corrected chi connectivity index (χ0v) is 7.51. The number of nitrogens with two attached hydrogens (primary N) is 1. The summed E-state index contributed by atoms with van der Waals surface area (Å²) in [5, 5.41) is 0. The quantitative estimate of drug-likeness (QED) is 0.817. The highest BCUT2D eigenvalue weighted by atomic mass is 19.4. The van der Waals surface area contributed by atoms with Gasteiger partial charge in [0.2, 0.25) is 0 Å². The van der Waals surface area contributed by atoms with Gasteiger partial charge in [-0.3, -0.25) is 4.98 Å². The van der Waals surface area contributed by atoms with Gasteiger partial charge in [0.05, 0.1) is 5.56 Å². The van der Waals surface area contributed by atoms with E-state index in [9.17, 15) is 13.2 Å². The zero-order chi connectivity index (χ0) is 10.6. The lowest BCUT2D eigenvalue weighted by atomic mass is 10.1. The third kappa shape index (κ3) is 2.70. The first-order valence-corrected chi connectivity index (χ1v) is 4.26. The molecule has 1 rings (SSSR count). The number of aromatic nitrogens is 1. The number of halogens is 3. The number of alkyl halides is 3. The Hall–Kier alpha value is -1.10. The SMILES string of the molecule is NCCCc1ccncc1C(F)(F)F. The average Bonchev–Trinajstić information content (AvgIpc) is 2.14. The van der Waals surface area contributed by atoms with Crippen LogP contribution in [0.25, 0.3) is 0 Å². The molecule has 2 nitrogen and oxygen atoms in total. The van der Waals surface area contributed by atoms with Gasteiger partial charge < -0.3 is 5.73 Å². The summed E-state index contributed by atoms with van der Waals surface area (Å²) in [5.74, 6) is 0. The van der Waals surface area contributed by atoms with Gasteiger partial charge in [-0.05, 0) is 31.0 Å². The minimum atomic E-state index is -4.32. The van der Waals surface area contributed by atoms with Gasteiger partial charge in [-0.2, -0.15) is 13.2 Å². The van der Waals surface area contributed by atoms with Crippen LogP contribution in [0.15, 0.2) is 18.5 Å². The molecule has 1 aromatic rings. The van der Waals surface area contributed by atoms with Crippen LogP contribution in [-0.2, 0) is 12.6 Å². The fourth-order valence-electron chi connectivity index (χ4n) is 1.19. The van der Waals surface area contributed by atoms with E-state index in [-0.39, 0.29) is 5.56 Å². The number of hydrogen-bond acceptors (Lipinski definition) is 2. The average molecular weight is 204 g/mol. The molecular weight excluding hydrogens is 193 g/mol. The van der Waals surface area contributed by atoms with Gasteiger partial charge in [-0.25, -0.2) is 0 Å². The molecule has 0 atom stereocenters. The summed E-state index contributed by atoms with van der Waals surface area (Å²) in [6.07, 6.45) is -1.22. The molecular formula is C9H11F3N2. The van der Waals surface area contributed by atoms with Crippen molar-refractivity contribution >= 4 is 0 Å². The predicted molar refractivity (Wildman–Crippen MR) is 46.6 cm³/mol. The molecule has 1 aromatic heterocycles. The molecule has 5 heteroatoms. The second-order valence-corrected chi connectivity index (χ2v) is 2.92. The van der Waals surface area contributed by atoms with Gasteiger partial charge in [-0.15, -0.1) is 0 Å². The minimum absolute atomic E-state index is 0.262. The molecule has 1 heterocycles. The maximum atomic E-state index is 12.4. The maximum Gasteiger partial charge on any atom is 0.418 e. The molecule has 0 amide bonds. The lowest BCUT2D eigenvalue weighted by Gasteiger charge is -2.11. The van der Waals surface area contributed by atoms with Crippen LogP contribution in [0.1, 0.15) is 17.5 Å². The van der Waals surface area contributed by atoms with E-state index in [2.05, 4.69) is 4.98 Å². The Balaban J connectivity index is 2.92. The van der Waals surface area contributed by atoms with Crippen LogP contribution >= 0.6 is 0 Å². The first-order valence-electron chi connectivity index (χ1n) is 4.26. The lowest BCUT2D eigenvalue weighted by Crippen LogP contribution is -2.11. The Morgan fingerprint density at radius 1 is 1.36 bits per heavy atom. The van der Waals surface area contributed by atoms with E-state index in [1.54, 1.807) is 0 Å². The van der Waals surface area contributed by atoms with Gasteiger partial charge >= 0.3 is 6.18 Å². The molecule has 0 aliphatic carbocycles. The Bertz CT molecular complexity index is 296. The van der Waals surface area contributed by atoms with Crippen LogP contribution in [0.2, 0.25) is 0 Å². The molecule has 0 unspecified atom stereocenters. The maximum absolute atomic E-state index is 12.4. The van der Waals surface area contributed by atoms with Crippen LogP contribution < -0.4 is 5.73 Å². The molecule has 0 spiro atoms. The molecule has 0 aliphatic rings. The Kier molecular flexibility index (Phi) is 3.46. The Morgan fingerprint density at radius 2 is 2.07 bits per heavy atom. The summed E-state index contributed by atoms with van der Waals surface area (Å²) in [4.78, 5) is 3.47. The van der Waals surface area contributed by atoms with E-state index in [4.69, 9.17) is 5.73 Å². The van der Waals surface area contributed by atoms with E-state index in [0.717, 1.165) is 6.20 Å². The summed E-state index contributed by atoms with van der Waals surface area (Å²) in [7, 11) is 0. The minimum Gasteiger partial charge on any atom is -0.330 e. The van der Waals surface area contributed by atoms with Crippen LogP contribution in [0.3, 0.4) is 0 Å². The van der Waals surface area contributed by atoms with Gasteiger partial charge in [-0.1, -0.05) is 0 Å². The van der Waals surface area contributed by atoms with Crippen molar-refractivity contribution in [2.45, 2.75) is 19.0 Å². The van der Waals surface area contributed by atoms with E-state index in [1.165, 1.54) is 12.3 Å². The van der Waals surface area contributed by atoms with Crippen molar-refractivity contribution in [2.75, 3.05) is 6.54 Å². The number of rotatable bonds is 3. The number of hydrogen-bond donors (Lipinski definition) is 1. The van der Waals surface area contributed by atoms with Gasteiger partial charge in [0.1, 0.15) is 0 Å². The van der Waals surface area contributed by atoms with Crippen molar-refractivity contribution < 1.29 is 13.2 Å². The van der Waals surface area contributed by atoms with E-state index >= 15 is 0 Å². The van der Waals surface area contributed by atoms with Crippen molar-refractivity contribution in [3.05, 3.63) is 29.6 Å². The normalized spacial score (nSPS) is 11.7. The summed E-state index contributed by atoms with van der Waals surface area (Å²) >= 11 is 0. The molecule has 78 valence electrons. The zero-order valence-electron chi connectivity index (χ0n) is 7.51. The van der Waals surface area contributed by atoms with Gasteiger partial charge in [0.25, 0.3) is 0 Å². The van der Waals surface area contributed by atoms with Crippen molar-refractivity contribution in [3.63, 3.8) is 0 Å². The smallest absolute Gasteiger partial charge is 0.330 e. The van der Waals surface area contributed by atoms with Crippen molar-refractivity contribution in [2.24, 2.45) is 5.73 Å². The summed E-state index contributed by atoms with van der Waals surface area (Å²) in [6, 6.07) is 1.39. The van der Waals surface area contributed by atoms with Crippen LogP contribution in [0, 0.1) is 0 Å². The summed E-state index contributed by atoms with van der Waals surface area (Å²) < 4.78 is 37.2. The molecule has 2 N–H and O–H groups in total. The highest BCUT2D eigenvalue weighted by molar-refractivity contribution is 5.26. The lowest BCUT2D eigenvalue weighted by molar-refractivity contribution is -0.138.